The monoisotopic (exact) mass is 550 g/mol. The lowest BCUT2D eigenvalue weighted by Gasteiger charge is -2.16. The molecule has 3 aromatic heterocycles. The maximum absolute atomic E-state index is 10.6. The lowest BCUT2D eigenvalue weighted by Crippen LogP contribution is -2.22. The summed E-state index contributed by atoms with van der Waals surface area (Å²) in [6.45, 7) is 4.47. The van der Waals surface area contributed by atoms with Gasteiger partial charge in [-0.3, -0.25) is 9.88 Å². The Morgan fingerprint density at radius 2 is 1.65 bits per heavy atom. The molecule has 200 valence electrons. The number of rotatable bonds is 3. The number of hydrogen-bond donors (Lipinski definition) is 2. The smallest absolute Gasteiger partial charge is 0.475 e. The Labute approximate surface area is 209 Å². The molecule has 0 aromatic carbocycles. The number of carboxylic acid groups (broad SMARTS) is 2. The summed E-state index contributed by atoms with van der Waals surface area (Å²) in [5, 5.41) is 18.7. The molecule has 2 atom stereocenters. The van der Waals surface area contributed by atoms with Gasteiger partial charge in [0.15, 0.2) is 0 Å². The van der Waals surface area contributed by atoms with Crippen LogP contribution in [0.4, 0.5) is 26.3 Å². The van der Waals surface area contributed by atoms with E-state index in [4.69, 9.17) is 24.8 Å². The Balaban J connectivity index is 0.000000227. The molecule has 2 unspecified atom stereocenters. The van der Waals surface area contributed by atoms with E-state index in [9.17, 15) is 26.3 Å². The summed E-state index contributed by atoms with van der Waals surface area (Å²) >= 11 is 1.78. The number of imidazole rings is 1. The van der Waals surface area contributed by atoms with E-state index >= 15 is 0 Å². The topological polar surface area (TPSA) is 109 Å². The first kappa shape index (κ1) is 28.1. The number of pyridine rings is 1. The lowest BCUT2D eigenvalue weighted by atomic mass is 9.99. The van der Waals surface area contributed by atoms with E-state index in [0.717, 1.165) is 19.6 Å². The second-order valence-electron chi connectivity index (χ2n) is 8.15. The van der Waals surface area contributed by atoms with Crippen LogP contribution in [-0.2, 0) is 22.7 Å². The average molecular weight is 550 g/mol. The van der Waals surface area contributed by atoms with Gasteiger partial charge in [-0.1, -0.05) is 0 Å². The molecule has 0 aliphatic carbocycles. The minimum Gasteiger partial charge on any atom is -0.475 e. The van der Waals surface area contributed by atoms with Crippen molar-refractivity contribution in [2.24, 2.45) is 5.92 Å². The van der Waals surface area contributed by atoms with Gasteiger partial charge in [0.25, 0.3) is 0 Å². The summed E-state index contributed by atoms with van der Waals surface area (Å²) in [5.41, 5.74) is 3.82. The predicted molar refractivity (Wildman–Crippen MR) is 119 cm³/mol. The molecule has 37 heavy (non-hydrogen) atoms. The highest BCUT2D eigenvalue weighted by Gasteiger charge is 2.42. The van der Waals surface area contributed by atoms with Crippen LogP contribution in [0.1, 0.15) is 17.3 Å². The van der Waals surface area contributed by atoms with Gasteiger partial charge in [0.05, 0.1) is 11.9 Å². The number of alkyl halides is 6. The molecule has 2 aliphatic rings. The standard InChI is InChI=1S/C18H18N4S.2C2HF3O2/c1-2-14(6-19-4-1)17-7-20-18-16-11-21(8-13-3-5-23-12-13)9-15(16)10-22(17)18;2*3-2(4,5)1(6)7/h1-7,12,15-16H,8-11H2;2*(H,6,7). The van der Waals surface area contributed by atoms with Gasteiger partial charge in [-0.05, 0) is 34.5 Å². The number of halogens is 6. The van der Waals surface area contributed by atoms with Crippen molar-refractivity contribution in [3.8, 4) is 11.3 Å². The normalized spacial score (nSPS) is 18.6. The Bertz CT molecular complexity index is 1170. The van der Waals surface area contributed by atoms with Crippen LogP contribution in [0.25, 0.3) is 11.3 Å². The second kappa shape index (κ2) is 11.3. The molecule has 0 amide bonds. The molecule has 0 saturated carbocycles. The van der Waals surface area contributed by atoms with Crippen LogP contribution in [0, 0.1) is 5.92 Å². The summed E-state index contributed by atoms with van der Waals surface area (Å²) in [4.78, 5) is 29.4. The molecule has 0 spiro atoms. The maximum Gasteiger partial charge on any atom is 0.490 e. The van der Waals surface area contributed by atoms with E-state index in [1.54, 1.807) is 11.3 Å². The number of carbonyl (C=O) groups is 2. The van der Waals surface area contributed by atoms with Gasteiger partial charge in [-0.25, -0.2) is 14.6 Å². The fraction of sp³-hybridized carbons (Fsp3) is 0.364. The van der Waals surface area contributed by atoms with Crippen LogP contribution < -0.4 is 0 Å². The third kappa shape index (κ3) is 7.29. The zero-order valence-corrected chi connectivity index (χ0v) is 19.6. The molecule has 5 rings (SSSR count). The van der Waals surface area contributed by atoms with Crippen molar-refractivity contribution in [1.29, 1.82) is 0 Å². The van der Waals surface area contributed by atoms with E-state index in [1.165, 1.54) is 29.2 Å². The molecule has 1 saturated heterocycles. The summed E-state index contributed by atoms with van der Waals surface area (Å²) in [6, 6.07) is 6.35. The van der Waals surface area contributed by atoms with Crippen LogP contribution in [0.15, 0.2) is 47.5 Å². The van der Waals surface area contributed by atoms with Crippen molar-refractivity contribution in [2.75, 3.05) is 13.1 Å². The number of aliphatic carboxylic acids is 2. The van der Waals surface area contributed by atoms with Gasteiger partial charge in [0.1, 0.15) is 5.82 Å². The van der Waals surface area contributed by atoms with Crippen molar-refractivity contribution in [2.45, 2.75) is 31.4 Å². The maximum atomic E-state index is 10.6. The van der Waals surface area contributed by atoms with E-state index in [2.05, 4.69) is 37.3 Å². The molecule has 8 nitrogen and oxygen atoms in total. The highest BCUT2D eigenvalue weighted by atomic mass is 32.1. The quantitative estimate of drug-likeness (QED) is 0.463. The molecular formula is C22H20F6N4O4S. The first-order chi connectivity index (χ1) is 17.3. The molecule has 5 heterocycles. The van der Waals surface area contributed by atoms with E-state index < -0.39 is 24.3 Å². The van der Waals surface area contributed by atoms with Crippen molar-refractivity contribution in [3.05, 3.63) is 58.9 Å². The van der Waals surface area contributed by atoms with Gasteiger partial charge in [0, 0.05) is 56.0 Å². The largest absolute Gasteiger partial charge is 0.490 e. The minimum absolute atomic E-state index is 0.582. The van der Waals surface area contributed by atoms with Crippen LogP contribution in [0.3, 0.4) is 0 Å². The van der Waals surface area contributed by atoms with E-state index in [1.807, 2.05) is 24.7 Å². The number of hydrogen-bond acceptors (Lipinski definition) is 6. The fourth-order valence-corrected chi connectivity index (χ4v) is 4.72. The molecular weight excluding hydrogens is 530 g/mol. The SMILES string of the molecule is O=C(O)C(F)(F)F.O=C(O)C(F)(F)F.c1cncc(-c2cnc3n2CC2CN(Cc4ccsc4)CC32)c1. The Kier molecular flexibility index (Phi) is 8.58. The predicted octanol–water partition coefficient (Wildman–Crippen LogP) is 4.50. The zero-order valence-electron chi connectivity index (χ0n) is 18.8. The van der Waals surface area contributed by atoms with Crippen molar-refractivity contribution in [1.82, 2.24) is 19.4 Å². The highest BCUT2D eigenvalue weighted by molar-refractivity contribution is 7.07. The molecule has 15 heteroatoms. The molecule has 2 aliphatic heterocycles. The zero-order chi connectivity index (χ0) is 27.4. The van der Waals surface area contributed by atoms with Crippen LogP contribution in [0.5, 0.6) is 0 Å². The molecule has 1 fully saturated rings. The third-order valence-corrected chi connectivity index (χ3v) is 6.31. The second-order valence-corrected chi connectivity index (χ2v) is 8.93. The first-order valence-electron chi connectivity index (χ1n) is 10.6. The molecule has 2 N–H and O–H groups in total. The minimum atomic E-state index is -5.08. The van der Waals surface area contributed by atoms with E-state index in [0.29, 0.717) is 11.8 Å². The van der Waals surface area contributed by atoms with Crippen LogP contribution in [0.2, 0.25) is 0 Å². The number of nitrogens with zero attached hydrogens (tertiary/aromatic N) is 4. The lowest BCUT2D eigenvalue weighted by molar-refractivity contribution is -0.193. The third-order valence-electron chi connectivity index (χ3n) is 5.58. The summed E-state index contributed by atoms with van der Waals surface area (Å²) in [5.74, 6) is -2.96. The molecule has 0 bridgehead atoms. The van der Waals surface area contributed by atoms with Gasteiger partial charge in [-0.2, -0.15) is 37.7 Å². The number of fused-ring (bicyclic) bond motifs is 3. The van der Waals surface area contributed by atoms with Crippen LogP contribution in [-0.4, -0.2) is 67.0 Å². The summed E-state index contributed by atoms with van der Waals surface area (Å²) in [7, 11) is 0. The Morgan fingerprint density at radius 1 is 1.00 bits per heavy atom. The number of carboxylic acids is 2. The van der Waals surface area contributed by atoms with Gasteiger partial charge in [0.2, 0.25) is 0 Å². The van der Waals surface area contributed by atoms with Gasteiger partial charge in [-0.15, -0.1) is 0 Å². The number of likely N-dealkylation sites (tertiary alicyclic amines) is 1. The number of thiophene rings is 1. The fourth-order valence-electron chi connectivity index (χ4n) is 4.07. The average Bonchev–Trinajstić information content (AvgIpc) is 3.58. The van der Waals surface area contributed by atoms with Crippen molar-refractivity contribution >= 4 is 23.3 Å². The molecule has 3 aromatic rings. The first-order valence-corrected chi connectivity index (χ1v) is 11.5. The van der Waals surface area contributed by atoms with Crippen molar-refractivity contribution in [3.63, 3.8) is 0 Å². The van der Waals surface area contributed by atoms with Crippen LogP contribution >= 0.6 is 11.3 Å². The summed E-state index contributed by atoms with van der Waals surface area (Å²) in [6.07, 6.45) is -4.40. The van der Waals surface area contributed by atoms with Gasteiger partial charge < -0.3 is 14.8 Å². The Morgan fingerprint density at radius 3 is 2.16 bits per heavy atom. The van der Waals surface area contributed by atoms with Gasteiger partial charge >= 0.3 is 24.3 Å². The van der Waals surface area contributed by atoms with Crippen molar-refractivity contribution < 1.29 is 46.1 Å². The highest BCUT2D eigenvalue weighted by Crippen LogP contribution is 2.41. The molecule has 0 radical (unpaired) electrons. The number of aromatic nitrogens is 3. The Hall–Kier alpha value is -3.46. The van der Waals surface area contributed by atoms with E-state index in [-0.39, 0.29) is 0 Å². The summed E-state index contributed by atoms with van der Waals surface area (Å²) < 4.78 is 65.9.